The highest BCUT2D eigenvalue weighted by molar-refractivity contribution is 5.70. The van der Waals surface area contributed by atoms with Crippen molar-refractivity contribution >= 4 is 5.97 Å². The Morgan fingerprint density at radius 2 is 1.50 bits per heavy atom. The van der Waals surface area contributed by atoms with E-state index in [1.807, 2.05) is 54.6 Å². The Balaban J connectivity index is 1.70. The lowest BCUT2D eigenvalue weighted by atomic mass is 9.90. The molecule has 156 valence electrons. The maximum absolute atomic E-state index is 14.8. The summed E-state index contributed by atoms with van der Waals surface area (Å²) in [6.07, 6.45) is -0.111. The lowest BCUT2D eigenvalue weighted by molar-refractivity contribution is -0.146. The summed E-state index contributed by atoms with van der Waals surface area (Å²) >= 11 is 0. The fourth-order valence-electron chi connectivity index (χ4n) is 3.42. The van der Waals surface area contributed by atoms with E-state index in [0.29, 0.717) is 6.42 Å². The molecule has 0 aliphatic rings. The van der Waals surface area contributed by atoms with Crippen molar-refractivity contribution < 1.29 is 23.4 Å². The molecule has 0 aliphatic heterocycles. The number of aliphatic carboxylic acids is 1. The molecule has 0 aromatic heterocycles. The Hall–Kier alpha value is -3.21. The number of hydrogen-bond acceptors (Lipinski definition) is 2. The SMILES string of the molecule is COc1ccc(-c2ccc(C(F)(F)CC(CCc3ccccc3)C(=O)O)cc2)cc1. The van der Waals surface area contributed by atoms with Gasteiger partial charge in [0.1, 0.15) is 5.75 Å². The molecule has 0 bridgehead atoms. The van der Waals surface area contributed by atoms with Gasteiger partial charge in [0.05, 0.1) is 13.0 Å². The van der Waals surface area contributed by atoms with E-state index in [-0.39, 0.29) is 12.0 Å². The summed E-state index contributed by atoms with van der Waals surface area (Å²) in [6.45, 7) is 0. The number of ether oxygens (including phenoxy) is 1. The minimum atomic E-state index is -3.22. The van der Waals surface area contributed by atoms with E-state index in [0.717, 1.165) is 22.4 Å². The molecule has 3 aromatic carbocycles. The Morgan fingerprint density at radius 3 is 2.03 bits per heavy atom. The standard InChI is InChI=1S/C25H24F2O3/c1-30-23-15-11-20(12-16-23)19-9-13-22(14-10-19)25(26,27)17-21(24(28)29)8-7-18-5-3-2-4-6-18/h2-6,9-16,21H,7-8,17H2,1H3,(H,28,29). The largest absolute Gasteiger partial charge is 0.497 e. The van der Waals surface area contributed by atoms with Gasteiger partial charge in [-0.05, 0) is 41.7 Å². The minimum Gasteiger partial charge on any atom is -0.497 e. The molecule has 0 spiro atoms. The molecule has 0 fully saturated rings. The molecule has 1 atom stereocenters. The third-order valence-corrected chi connectivity index (χ3v) is 5.21. The van der Waals surface area contributed by atoms with Crippen LogP contribution in [0.3, 0.4) is 0 Å². The number of carboxylic acids is 1. The van der Waals surface area contributed by atoms with E-state index in [4.69, 9.17) is 4.74 Å². The van der Waals surface area contributed by atoms with Crippen LogP contribution in [0.1, 0.15) is 24.0 Å². The first-order chi connectivity index (χ1) is 14.4. The number of carboxylic acid groups (broad SMARTS) is 1. The summed E-state index contributed by atoms with van der Waals surface area (Å²) in [6, 6.07) is 22.6. The molecule has 0 amide bonds. The monoisotopic (exact) mass is 410 g/mol. The van der Waals surface area contributed by atoms with Gasteiger partial charge in [0.25, 0.3) is 5.92 Å². The predicted octanol–water partition coefficient (Wildman–Crippen LogP) is 6.18. The van der Waals surface area contributed by atoms with Gasteiger partial charge < -0.3 is 9.84 Å². The van der Waals surface area contributed by atoms with Crippen LogP contribution in [-0.4, -0.2) is 18.2 Å². The van der Waals surface area contributed by atoms with E-state index in [1.54, 1.807) is 19.2 Å². The molecule has 0 radical (unpaired) electrons. The molecule has 0 saturated heterocycles. The zero-order valence-corrected chi connectivity index (χ0v) is 16.7. The fraction of sp³-hybridized carbons (Fsp3) is 0.240. The van der Waals surface area contributed by atoms with Crippen LogP contribution in [0.25, 0.3) is 11.1 Å². The molecule has 0 aliphatic carbocycles. The van der Waals surface area contributed by atoms with Crippen molar-refractivity contribution in [1.82, 2.24) is 0 Å². The summed E-state index contributed by atoms with van der Waals surface area (Å²) in [7, 11) is 1.58. The summed E-state index contributed by atoms with van der Waals surface area (Å²) in [5.41, 5.74) is 2.45. The van der Waals surface area contributed by atoms with Crippen LogP contribution in [0, 0.1) is 5.92 Å². The van der Waals surface area contributed by atoms with Gasteiger partial charge in [0, 0.05) is 12.0 Å². The quantitative estimate of drug-likeness (QED) is 0.458. The molecule has 3 rings (SSSR count). The topological polar surface area (TPSA) is 46.5 Å². The van der Waals surface area contributed by atoms with Gasteiger partial charge in [0.15, 0.2) is 0 Å². The van der Waals surface area contributed by atoms with Crippen LogP contribution in [0.4, 0.5) is 8.78 Å². The summed E-state index contributed by atoms with van der Waals surface area (Å²) < 4.78 is 34.8. The average molecular weight is 410 g/mol. The van der Waals surface area contributed by atoms with E-state index < -0.39 is 24.2 Å². The molecule has 0 heterocycles. The van der Waals surface area contributed by atoms with Crippen LogP contribution in [0.2, 0.25) is 0 Å². The average Bonchev–Trinajstić information content (AvgIpc) is 2.77. The Kier molecular flexibility index (Phi) is 6.83. The number of carbonyl (C=O) groups is 1. The summed E-state index contributed by atoms with van der Waals surface area (Å²) in [5, 5.41) is 9.45. The lowest BCUT2D eigenvalue weighted by Gasteiger charge is -2.21. The number of aryl methyl sites for hydroxylation is 1. The molecule has 30 heavy (non-hydrogen) atoms. The second-order valence-corrected chi connectivity index (χ2v) is 7.27. The third-order valence-electron chi connectivity index (χ3n) is 5.21. The van der Waals surface area contributed by atoms with Crippen LogP contribution < -0.4 is 4.74 Å². The van der Waals surface area contributed by atoms with Crippen molar-refractivity contribution in [1.29, 1.82) is 0 Å². The predicted molar refractivity (Wildman–Crippen MR) is 113 cm³/mol. The zero-order chi connectivity index (χ0) is 21.6. The second-order valence-electron chi connectivity index (χ2n) is 7.27. The number of methoxy groups -OCH3 is 1. The number of halogens is 2. The molecular formula is C25H24F2O3. The summed E-state index contributed by atoms with van der Waals surface area (Å²) in [5.74, 6) is -4.82. The molecule has 3 aromatic rings. The number of benzene rings is 3. The van der Waals surface area contributed by atoms with Crippen LogP contribution in [0.5, 0.6) is 5.75 Å². The van der Waals surface area contributed by atoms with E-state index in [1.165, 1.54) is 12.1 Å². The van der Waals surface area contributed by atoms with Crippen molar-refractivity contribution in [2.75, 3.05) is 7.11 Å². The van der Waals surface area contributed by atoms with Crippen molar-refractivity contribution in [3.05, 3.63) is 90.0 Å². The maximum Gasteiger partial charge on any atom is 0.306 e. The summed E-state index contributed by atoms with van der Waals surface area (Å²) in [4.78, 5) is 11.6. The molecule has 3 nitrogen and oxygen atoms in total. The highest BCUT2D eigenvalue weighted by Crippen LogP contribution is 2.37. The van der Waals surface area contributed by atoms with Crippen molar-refractivity contribution in [3.8, 4) is 16.9 Å². The highest BCUT2D eigenvalue weighted by Gasteiger charge is 2.37. The Morgan fingerprint density at radius 1 is 0.933 bits per heavy atom. The first-order valence-electron chi connectivity index (χ1n) is 9.78. The minimum absolute atomic E-state index is 0.166. The fourth-order valence-corrected chi connectivity index (χ4v) is 3.42. The molecule has 1 N–H and O–H groups in total. The first-order valence-corrected chi connectivity index (χ1v) is 9.78. The second kappa shape index (κ2) is 9.53. The van der Waals surface area contributed by atoms with Crippen LogP contribution in [0.15, 0.2) is 78.9 Å². The van der Waals surface area contributed by atoms with Crippen LogP contribution >= 0.6 is 0 Å². The zero-order valence-electron chi connectivity index (χ0n) is 16.7. The first kappa shape index (κ1) is 21.5. The van der Waals surface area contributed by atoms with E-state index in [9.17, 15) is 18.7 Å². The van der Waals surface area contributed by atoms with Gasteiger partial charge in [-0.1, -0.05) is 66.7 Å². The third kappa shape index (κ3) is 5.44. The normalized spacial score (nSPS) is 12.4. The van der Waals surface area contributed by atoms with E-state index in [2.05, 4.69) is 0 Å². The van der Waals surface area contributed by atoms with Crippen LogP contribution in [-0.2, 0) is 17.1 Å². The van der Waals surface area contributed by atoms with Gasteiger partial charge >= 0.3 is 5.97 Å². The molecule has 1 unspecified atom stereocenters. The van der Waals surface area contributed by atoms with Gasteiger partial charge in [0.2, 0.25) is 0 Å². The lowest BCUT2D eigenvalue weighted by Crippen LogP contribution is -2.24. The van der Waals surface area contributed by atoms with Gasteiger partial charge in [-0.3, -0.25) is 4.79 Å². The van der Waals surface area contributed by atoms with Gasteiger partial charge in [-0.25, -0.2) is 8.78 Å². The van der Waals surface area contributed by atoms with Crippen molar-refractivity contribution in [2.45, 2.75) is 25.2 Å². The van der Waals surface area contributed by atoms with Crippen molar-refractivity contribution in [2.24, 2.45) is 5.92 Å². The van der Waals surface area contributed by atoms with Crippen molar-refractivity contribution in [3.63, 3.8) is 0 Å². The Labute approximate surface area is 175 Å². The van der Waals surface area contributed by atoms with Gasteiger partial charge in [-0.15, -0.1) is 0 Å². The van der Waals surface area contributed by atoms with E-state index >= 15 is 0 Å². The van der Waals surface area contributed by atoms with Gasteiger partial charge in [-0.2, -0.15) is 0 Å². The highest BCUT2D eigenvalue weighted by atomic mass is 19.3. The Bertz CT molecular complexity index is 952. The number of hydrogen-bond donors (Lipinski definition) is 1. The molecule has 0 saturated carbocycles. The molecule has 5 heteroatoms. The molecular weight excluding hydrogens is 386 g/mol. The number of alkyl halides is 2. The smallest absolute Gasteiger partial charge is 0.306 e. The number of rotatable bonds is 9. The maximum atomic E-state index is 14.8.